The van der Waals surface area contributed by atoms with Gasteiger partial charge in [-0.15, -0.1) is 0 Å². The monoisotopic (exact) mass is 381 g/mol. The molecule has 0 atom stereocenters. The van der Waals surface area contributed by atoms with Gasteiger partial charge in [0.1, 0.15) is 0 Å². The first kappa shape index (κ1) is 16.9. The summed E-state index contributed by atoms with van der Waals surface area (Å²) in [7, 11) is 1.90. The van der Waals surface area contributed by atoms with Crippen LogP contribution in [-0.2, 0) is 13.5 Å². The lowest BCUT2D eigenvalue weighted by atomic mass is 10.0. The van der Waals surface area contributed by atoms with Crippen LogP contribution in [0.25, 0.3) is 21.8 Å². The third kappa shape index (κ3) is 2.72. The Balaban J connectivity index is 1.45. The summed E-state index contributed by atoms with van der Waals surface area (Å²) in [4.78, 5) is 13.6. The summed E-state index contributed by atoms with van der Waals surface area (Å²) in [5, 5.41) is 13.5. The van der Waals surface area contributed by atoms with Gasteiger partial charge in [0.15, 0.2) is 0 Å². The number of fused-ring (bicyclic) bond motifs is 2. The summed E-state index contributed by atoms with van der Waals surface area (Å²) in [5.74, 6) is -3.15. The molecule has 0 saturated carbocycles. The molecule has 2 aromatic heterocycles. The van der Waals surface area contributed by atoms with Gasteiger partial charge in [0.25, 0.3) is 11.8 Å². The van der Waals surface area contributed by atoms with Gasteiger partial charge in [0.2, 0.25) is 0 Å². The van der Waals surface area contributed by atoms with Crippen molar-refractivity contribution in [3.8, 4) is 0 Å². The molecule has 28 heavy (non-hydrogen) atoms. The summed E-state index contributed by atoms with van der Waals surface area (Å²) in [6.45, 7) is -1.04. The molecule has 1 saturated heterocycles. The summed E-state index contributed by atoms with van der Waals surface area (Å²) < 4.78 is 28.0. The van der Waals surface area contributed by atoms with Gasteiger partial charge < -0.3 is 4.90 Å². The molecule has 142 valence electrons. The highest BCUT2D eigenvalue weighted by molar-refractivity contribution is 5.99. The fourth-order valence-corrected chi connectivity index (χ4v) is 3.70. The molecule has 6 nitrogen and oxygen atoms in total. The van der Waals surface area contributed by atoms with Gasteiger partial charge in [0.05, 0.1) is 30.3 Å². The number of nitrogens with zero attached hydrogens (tertiary/aromatic N) is 4. The van der Waals surface area contributed by atoms with E-state index >= 15 is 0 Å². The number of likely N-dealkylation sites (tertiary alicyclic amines) is 1. The van der Waals surface area contributed by atoms with Crippen LogP contribution in [0.15, 0.2) is 42.6 Å². The van der Waals surface area contributed by atoms with E-state index in [1.807, 2.05) is 30.1 Å². The maximum Gasteiger partial charge on any atom is 0.282 e. The highest BCUT2D eigenvalue weighted by Gasteiger charge is 2.46. The molecule has 8 heteroatoms. The zero-order valence-electron chi connectivity index (χ0n) is 15.1. The Hall–Kier alpha value is -3.29. The second-order valence-corrected chi connectivity index (χ2v) is 7.29. The van der Waals surface area contributed by atoms with Crippen LogP contribution in [-0.4, -0.2) is 49.8 Å². The average Bonchev–Trinajstić information content (AvgIpc) is 3.22. The lowest BCUT2D eigenvalue weighted by molar-refractivity contribution is -0.113. The number of rotatable bonds is 3. The van der Waals surface area contributed by atoms with E-state index in [9.17, 15) is 13.6 Å². The van der Waals surface area contributed by atoms with E-state index in [1.54, 1.807) is 18.2 Å². The van der Waals surface area contributed by atoms with Crippen molar-refractivity contribution in [1.29, 1.82) is 0 Å². The molecule has 0 radical (unpaired) electrons. The van der Waals surface area contributed by atoms with E-state index in [4.69, 9.17) is 0 Å². The molecule has 1 aliphatic heterocycles. The Morgan fingerprint density at radius 1 is 1.21 bits per heavy atom. The van der Waals surface area contributed by atoms with Crippen molar-refractivity contribution in [3.63, 3.8) is 0 Å². The summed E-state index contributed by atoms with van der Waals surface area (Å²) >= 11 is 0. The molecule has 1 amide bonds. The molecule has 1 aliphatic rings. The van der Waals surface area contributed by atoms with Crippen molar-refractivity contribution in [3.05, 3.63) is 59.4 Å². The van der Waals surface area contributed by atoms with Gasteiger partial charge >= 0.3 is 0 Å². The van der Waals surface area contributed by atoms with Crippen LogP contribution in [0.3, 0.4) is 0 Å². The van der Waals surface area contributed by atoms with Crippen molar-refractivity contribution in [1.82, 2.24) is 24.9 Å². The average molecular weight is 381 g/mol. The molecular weight excluding hydrogens is 364 g/mol. The van der Waals surface area contributed by atoms with Crippen LogP contribution in [0.2, 0.25) is 0 Å². The number of amides is 1. The van der Waals surface area contributed by atoms with Crippen molar-refractivity contribution >= 4 is 27.7 Å². The fraction of sp³-hybridized carbons (Fsp3) is 0.250. The molecule has 1 fully saturated rings. The number of aromatic nitrogens is 4. The number of aromatic amines is 1. The van der Waals surface area contributed by atoms with Crippen LogP contribution in [0.4, 0.5) is 8.78 Å². The number of alkyl halides is 2. The maximum absolute atomic E-state index is 13.1. The molecule has 0 spiro atoms. The second-order valence-electron chi connectivity index (χ2n) is 7.29. The Kier molecular flexibility index (Phi) is 3.52. The van der Waals surface area contributed by atoms with Gasteiger partial charge in [0, 0.05) is 35.5 Å². The summed E-state index contributed by atoms with van der Waals surface area (Å²) in [6, 6.07) is 11.2. The number of carbonyl (C=O) groups excluding carboxylic acids is 1. The predicted molar refractivity (Wildman–Crippen MR) is 100 cm³/mol. The Morgan fingerprint density at radius 2 is 2.04 bits per heavy atom. The van der Waals surface area contributed by atoms with E-state index in [-0.39, 0.29) is 5.91 Å². The standard InChI is InChI=1S/C20H17F2N5O/c1-26-18-5-2-12(6-14(18)9-23-26)7-17-15-8-13(3-4-16(15)24-25-17)19(28)27-10-20(21,22)11-27/h2-6,8-9H,7,10-11H2,1H3,(H,24,25). The van der Waals surface area contributed by atoms with Crippen molar-refractivity contribution in [2.75, 3.05) is 13.1 Å². The lowest BCUT2D eigenvalue weighted by Gasteiger charge is -2.38. The Morgan fingerprint density at radius 3 is 2.82 bits per heavy atom. The van der Waals surface area contributed by atoms with Crippen LogP contribution < -0.4 is 0 Å². The zero-order chi connectivity index (χ0) is 19.5. The van der Waals surface area contributed by atoms with Crippen LogP contribution in [0, 0.1) is 0 Å². The first-order valence-corrected chi connectivity index (χ1v) is 8.94. The smallest absolute Gasteiger partial charge is 0.282 e. The number of benzene rings is 2. The molecule has 4 aromatic rings. The largest absolute Gasteiger partial charge is 0.326 e. The molecule has 3 heterocycles. The molecule has 5 rings (SSSR count). The van der Waals surface area contributed by atoms with Gasteiger partial charge in [-0.2, -0.15) is 10.2 Å². The number of H-pyrrole nitrogens is 1. The first-order chi connectivity index (χ1) is 13.4. The van der Waals surface area contributed by atoms with Crippen LogP contribution in [0.1, 0.15) is 21.6 Å². The second kappa shape index (κ2) is 5.85. The van der Waals surface area contributed by atoms with Gasteiger partial charge in [-0.25, -0.2) is 8.78 Å². The Bertz CT molecular complexity index is 1220. The third-order valence-electron chi connectivity index (χ3n) is 5.20. The SMILES string of the molecule is Cn1ncc2cc(Cc3[nH]nc4ccc(C(=O)N5CC(F)(F)C5)cc34)ccc21. The number of hydrogen-bond donors (Lipinski definition) is 1. The van der Waals surface area contributed by atoms with Crippen molar-refractivity contribution < 1.29 is 13.6 Å². The number of hydrogen-bond acceptors (Lipinski definition) is 3. The fourth-order valence-electron chi connectivity index (χ4n) is 3.70. The normalized spacial score (nSPS) is 15.9. The Labute approximate surface area is 158 Å². The van der Waals surface area contributed by atoms with Gasteiger partial charge in [-0.05, 0) is 35.9 Å². The highest BCUT2D eigenvalue weighted by Crippen LogP contribution is 2.29. The molecular formula is C20H17F2N5O. The topological polar surface area (TPSA) is 66.8 Å². The summed E-state index contributed by atoms with van der Waals surface area (Å²) in [6.07, 6.45) is 2.43. The first-order valence-electron chi connectivity index (χ1n) is 8.94. The minimum atomic E-state index is -2.77. The number of carbonyl (C=O) groups is 1. The van der Waals surface area contributed by atoms with E-state index in [2.05, 4.69) is 21.4 Å². The van der Waals surface area contributed by atoms with Gasteiger partial charge in [-0.1, -0.05) is 6.07 Å². The van der Waals surface area contributed by atoms with Crippen LogP contribution >= 0.6 is 0 Å². The van der Waals surface area contributed by atoms with E-state index in [0.29, 0.717) is 12.0 Å². The quantitative estimate of drug-likeness (QED) is 0.593. The zero-order valence-corrected chi connectivity index (χ0v) is 15.1. The molecule has 0 bridgehead atoms. The summed E-state index contributed by atoms with van der Waals surface area (Å²) in [5.41, 5.74) is 4.15. The predicted octanol–water partition coefficient (Wildman–Crippen LogP) is 3.13. The van der Waals surface area contributed by atoms with Crippen molar-refractivity contribution in [2.24, 2.45) is 7.05 Å². The van der Waals surface area contributed by atoms with E-state index in [1.165, 1.54) is 0 Å². The lowest BCUT2D eigenvalue weighted by Crippen LogP contribution is -2.58. The third-order valence-corrected chi connectivity index (χ3v) is 5.20. The minimum absolute atomic E-state index is 0.378. The molecule has 2 aromatic carbocycles. The van der Waals surface area contributed by atoms with Crippen molar-refractivity contribution in [2.45, 2.75) is 12.3 Å². The van der Waals surface area contributed by atoms with Gasteiger partial charge in [-0.3, -0.25) is 14.6 Å². The highest BCUT2D eigenvalue weighted by atomic mass is 19.3. The van der Waals surface area contributed by atoms with E-state index in [0.717, 1.165) is 38.0 Å². The maximum atomic E-state index is 13.1. The van der Waals surface area contributed by atoms with E-state index < -0.39 is 19.0 Å². The molecule has 0 aliphatic carbocycles. The number of nitrogens with one attached hydrogen (secondary N) is 1. The molecule has 0 unspecified atom stereocenters. The minimum Gasteiger partial charge on any atom is -0.326 e. The molecule has 1 N–H and O–H groups in total. The number of halogens is 2. The number of aryl methyl sites for hydroxylation is 1. The van der Waals surface area contributed by atoms with Crippen LogP contribution in [0.5, 0.6) is 0 Å².